The molecule has 0 aliphatic rings. The maximum atomic E-state index is 11.9. The van der Waals surface area contributed by atoms with E-state index in [1.807, 2.05) is 25.9 Å². The Labute approximate surface area is 109 Å². The fourth-order valence-electron chi connectivity index (χ4n) is 1.40. The standard InChI is InChI=1S/C12H15N3O2S/c1-7(15(2)3)17-11(16)8-4-5-9-10(6-8)18-12(13)14-9/h4-7H,1-3H3,(H2,13,14). The molecular weight excluding hydrogens is 250 g/mol. The van der Waals surface area contributed by atoms with Gasteiger partial charge in [0, 0.05) is 0 Å². The number of benzene rings is 1. The van der Waals surface area contributed by atoms with E-state index in [-0.39, 0.29) is 12.2 Å². The molecule has 18 heavy (non-hydrogen) atoms. The van der Waals surface area contributed by atoms with Crippen LogP contribution in [0.3, 0.4) is 0 Å². The predicted molar refractivity (Wildman–Crippen MR) is 72.6 cm³/mol. The van der Waals surface area contributed by atoms with Crippen molar-refractivity contribution in [3.63, 3.8) is 0 Å². The van der Waals surface area contributed by atoms with Crippen LogP contribution in [0.4, 0.5) is 5.13 Å². The molecule has 0 aliphatic heterocycles. The molecule has 1 heterocycles. The minimum Gasteiger partial charge on any atom is -0.443 e. The lowest BCUT2D eigenvalue weighted by atomic mass is 10.2. The number of rotatable bonds is 3. The number of nitrogens with zero attached hydrogens (tertiary/aromatic N) is 2. The number of aromatic nitrogens is 1. The maximum absolute atomic E-state index is 11.9. The van der Waals surface area contributed by atoms with Crippen LogP contribution in [0.15, 0.2) is 18.2 Å². The van der Waals surface area contributed by atoms with Gasteiger partial charge in [-0.3, -0.25) is 4.90 Å². The third-order valence-corrected chi connectivity index (χ3v) is 3.49. The highest BCUT2D eigenvalue weighted by Crippen LogP contribution is 2.24. The maximum Gasteiger partial charge on any atom is 0.339 e. The highest BCUT2D eigenvalue weighted by Gasteiger charge is 2.14. The molecule has 0 saturated heterocycles. The van der Waals surface area contributed by atoms with E-state index in [1.165, 1.54) is 11.3 Å². The van der Waals surface area contributed by atoms with Gasteiger partial charge in [0.1, 0.15) is 0 Å². The first kappa shape index (κ1) is 12.8. The number of carbonyl (C=O) groups excluding carboxylic acids is 1. The van der Waals surface area contributed by atoms with Gasteiger partial charge in [0.2, 0.25) is 0 Å². The van der Waals surface area contributed by atoms with Crippen molar-refractivity contribution in [3.8, 4) is 0 Å². The summed E-state index contributed by atoms with van der Waals surface area (Å²) in [7, 11) is 3.70. The average molecular weight is 265 g/mol. The van der Waals surface area contributed by atoms with E-state index >= 15 is 0 Å². The Bertz CT molecular complexity index is 580. The summed E-state index contributed by atoms with van der Waals surface area (Å²) in [4.78, 5) is 17.9. The predicted octanol–water partition coefficient (Wildman–Crippen LogP) is 1.94. The van der Waals surface area contributed by atoms with E-state index in [0.29, 0.717) is 10.7 Å². The molecule has 0 aliphatic carbocycles. The normalized spacial score (nSPS) is 12.9. The van der Waals surface area contributed by atoms with Crippen molar-refractivity contribution in [2.75, 3.05) is 19.8 Å². The monoisotopic (exact) mass is 265 g/mol. The molecule has 0 fully saturated rings. The second-order valence-electron chi connectivity index (χ2n) is 4.20. The molecule has 2 N–H and O–H groups in total. The summed E-state index contributed by atoms with van der Waals surface area (Å²) in [6, 6.07) is 5.24. The topological polar surface area (TPSA) is 68.4 Å². The van der Waals surface area contributed by atoms with Crippen LogP contribution in [0.25, 0.3) is 10.2 Å². The smallest absolute Gasteiger partial charge is 0.339 e. The Morgan fingerprint density at radius 2 is 2.22 bits per heavy atom. The fourth-order valence-corrected chi connectivity index (χ4v) is 2.17. The molecule has 1 unspecified atom stereocenters. The molecule has 2 aromatic rings. The quantitative estimate of drug-likeness (QED) is 0.678. The van der Waals surface area contributed by atoms with Crippen molar-refractivity contribution >= 4 is 32.7 Å². The van der Waals surface area contributed by atoms with Crippen LogP contribution in [0.5, 0.6) is 0 Å². The molecule has 0 amide bonds. The van der Waals surface area contributed by atoms with Gasteiger partial charge in [0.25, 0.3) is 0 Å². The van der Waals surface area contributed by atoms with Gasteiger partial charge in [0.05, 0.1) is 15.8 Å². The zero-order valence-corrected chi connectivity index (χ0v) is 11.3. The number of esters is 1. The van der Waals surface area contributed by atoms with Crippen molar-refractivity contribution in [1.29, 1.82) is 0 Å². The number of hydrogen-bond acceptors (Lipinski definition) is 6. The minimum absolute atomic E-state index is 0.264. The molecule has 2 rings (SSSR count). The summed E-state index contributed by atoms with van der Waals surface area (Å²) >= 11 is 1.36. The molecule has 0 bridgehead atoms. The second kappa shape index (κ2) is 4.91. The van der Waals surface area contributed by atoms with Crippen LogP contribution in [0, 0.1) is 0 Å². The summed E-state index contributed by atoms with van der Waals surface area (Å²) in [6.45, 7) is 1.82. The SMILES string of the molecule is CC(OC(=O)c1ccc2nc(N)sc2c1)N(C)C. The fraction of sp³-hybridized carbons (Fsp3) is 0.333. The van der Waals surface area contributed by atoms with Crippen molar-refractivity contribution in [1.82, 2.24) is 9.88 Å². The van der Waals surface area contributed by atoms with E-state index < -0.39 is 0 Å². The molecule has 0 saturated carbocycles. The molecule has 1 aromatic heterocycles. The summed E-state index contributed by atoms with van der Waals surface area (Å²) in [5.74, 6) is -0.343. The molecule has 1 aromatic carbocycles. The number of nitrogens with two attached hydrogens (primary N) is 1. The Morgan fingerprint density at radius 1 is 1.50 bits per heavy atom. The Kier molecular flexibility index (Phi) is 3.49. The number of ether oxygens (including phenoxy) is 1. The number of anilines is 1. The molecule has 0 radical (unpaired) electrons. The lowest BCUT2D eigenvalue weighted by molar-refractivity contribution is -0.00544. The highest BCUT2D eigenvalue weighted by molar-refractivity contribution is 7.22. The van der Waals surface area contributed by atoms with Crippen LogP contribution in [0.2, 0.25) is 0 Å². The lowest BCUT2D eigenvalue weighted by Crippen LogP contribution is -2.29. The Balaban J connectivity index is 2.22. The van der Waals surface area contributed by atoms with Crippen LogP contribution >= 0.6 is 11.3 Å². The number of nitrogen functional groups attached to an aromatic ring is 1. The van der Waals surface area contributed by atoms with Crippen molar-refractivity contribution in [2.45, 2.75) is 13.2 Å². The van der Waals surface area contributed by atoms with Gasteiger partial charge in [-0.25, -0.2) is 9.78 Å². The van der Waals surface area contributed by atoms with Crippen molar-refractivity contribution in [3.05, 3.63) is 23.8 Å². The molecule has 6 heteroatoms. The van der Waals surface area contributed by atoms with Gasteiger partial charge in [-0.05, 0) is 39.2 Å². The summed E-state index contributed by atoms with van der Waals surface area (Å²) in [5, 5.41) is 0.497. The first-order valence-electron chi connectivity index (χ1n) is 5.51. The minimum atomic E-state index is -0.343. The zero-order chi connectivity index (χ0) is 13.3. The van der Waals surface area contributed by atoms with E-state index in [1.54, 1.807) is 18.2 Å². The van der Waals surface area contributed by atoms with E-state index in [0.717, 1.165) is 10.2 Å². The highest BCUT2D eigenvalue weighted by atomic mass is 32.1. The van der Waals surface area contributed by atoms with Crippen LogP contribution in [-0.4, -0.2) is 36.2 Å². The van der Waals surface area contributed by atoms with E-state index in [9.17, 15) is 4.79 Å². The third-order valence-electron chi connectivity index (χ3n) is 2.65. The van der Waals surface area contributed by atoms with E-state index in [2.05, 4.69) is 4.98 Å². The largest absolute Gasteiger partial charge is 0.443 e. The summed E-state index contributed by atoms with van der Waals surface area (Å²) in [5.41, 5.74) is 6.94. The molecule has 1 atom stereocenters. The van der Waals surface area contributed by atoms with Gasteiger partial charge in [-0.1, -0.05) is 11.3 Å². The number of fused-ring (bicyclic) bond motifs is 1. The first-order chi connectivity index (χ1) is 8.47. The van der Waals surface area contributed by atoms with E-state index in [4.69, 9.17) is 10.5 Å². The molecule has 0 spiro atoms. The van der Waals surface area contributed by atoms with Gasteiger partial charge in [-0.15, -0.1) is 0 Å². The number of hydrogen-bond donors (Lipinski definition) is 1. The lowest BCUT2D eigenvalue weighted by Gasteiger charge is -2.19. The third kappa shape index (κ3) is 2.60. The Morgan fingerprint density at radius 3 is 2.89 bits per heavy atom. The molecular formula is C12H15N3O2S. The number of carbonyl (C=O) groups is 1. The van der Waals surface area contributed by atoms with Gasteiger partial charge >= 0.3 is 5.97 Å². The molecule has 96 valence electrons. The second-order valence-corrected chi connectivity index (χ2v) is 5.27. The van der Waals surface area contributed by atoms with Gasteiger partial charge in [0.15, 0.2) is 11.4 Å². The van der Waals surface area contributed by atoms with Crippen LogP contribution in [-0.2, 0) is 4.74 Å². The van der Waals surface area contributed by atoms with Crippen molar-refractivity contribution in [2.24, 2.45) is 0 Å². The number of thiazole rings is 1. The van der Waals surface area contributed by atoms with Crippen LogP contribution in [0.1, 0.15) is 17.3 Å². The van der Waals surface area contributed by atoms with Gasteiger partial charge < -0.3 is 10.5 Å². The van der Waals surface area contributed by atoms with Gasteiger partial charge in [-0.2, -0.15) is 0 Å². The van der Waals surface area contributed by atoms with Crippen molar-refractivity contribution < 1.29 is 9.53 Å². The summed E-state index contributed by atoms with van der Waals surface area (Å²) < 4.78 is 6.18. The summed E-state index contributed by atoms with van der Waals surface area (Å²) in [6.07, 6.45) is -0.264. The Hall–Kier alpha value is -1.66. The zero-order valence-electron chi connectivity index (χ0n) is 10.5. The average Bonchev–Trinajstić information content (AvgIpc) is 2.67. The van der Waals surface area contributed by atoms with Crippen LogP contribution < -0.4 is 5.73 Å². The molecule has 5 nitrogen and oxygen atoms in total. The first-order valence-corrected chi connectivity index (χ1v) is 6.32.